The number of carbonyl (C=O) groups is 1. The predicted octanol–water partition coefficient (Wildman–Crippen LogP) is 3.36. The Morgan fingerprint density at radius 2 is 2.12 bits per heavy atom. The molecule has 1 amide bonds. The topological polar surface area (TPSA) is 85.8 Å². The number of hydrogen-bond donors (Lipinski definition) is 1. The zero-order chi connectivity index (χ0) is 18.4. The van der Waals surface area contributed by atoms with E-state index < -0.39 is 5.76 Å². The molecule has 0 aliphatic heterocycles. The van der Waals surface area contributed by atoms with Crippen LogP contribution in [-0.2, 0) is 11.3 Å². The maximum atomic E-state index is 12.6. The highest BCUT2D eigenvalue weighted by atomic mass is 32.2. The molecule has 0 aliphatic carbocycles. The van der Waals surface area contributed by atoms with E-state index in [1.165, 1.54) is 10.7 Å². The number of rotatable bonds is 8. The van der Waals surface area contributed by atoms with Gasteiger partial charge in [-0.2, -0.15) is 8.78 Å². The molecule has 0 radical (unpaired) electrons. The standard InChI is InChI=1S/C15H13F2N5O2S2/c16-14(17)26-12-6-2-1-5-11(12)18-13(23)9-25-15-19-20-21-22(15)8-10-4-3-7-24-10/h1-7,14H,8-9H2,(H,18,23). The van der Waals surface area contributed by atoms with E-state index in [1.807, 2.05) is 0 Å². The number of thioether (sulfide) groups is 2. The Morgan fingerprint density at radius 1 is 1.27 bits per heavy atom. The minimum Gasteiger partial charge on any atom is -0.467 e. The number of benzene rings is 1. The van der Waals surface area contributed by atoms with Gasteiger partial charge in [-0.25, -0.2) is 4.68 Å². The van der Waals surface area contributed by atoms with Crippen LogP contribution in [0, 0.1) is 0 Å². The number of nitrogens with zero attached hydrogens (tertiary/aromatic N) is 4. The number of alkyl halides is 2. The second kappa shape index (κ2) is 8.81. The van der Waals surface area contributed by atoms with Gasteiger partial charge in [0.1, 0.15) is 12.3 Å². The molecule has 1 N–H and O–H groups in total. The van der Waals surface area contributed by atoms with Crippen molar-refractivity contribution in [2.24, 2.45) is 0 Å². The third kappa shape index (κ3) is 5.05. The third-order valence-electron chi connectivity index (χ3n) is 3.09. The van der Waals surface area contributed by atoms with Crippen LogP contribution in [0.25, 0.3) is 0 Å². The number of anilines is 1. The molecule has 7 nitrogen and oxygen atoms in total. The van der Waals surface area contributed by atoms with Gasteiger partial charge in [0.25, 0.3) is 5.76 Å². The van der Waals surface area contributed by atoms with Crippen LogP contribution in [0.3, 0.4) is 0 Å². The second-order valence-electron chi connectivity index (χ2n) is 4.91. The monoisotopic (exact) mass is 397 g/mol. The SMILES string of the molecule is O=C(CSc1nnnn1Cc1ccco1)Nc1ccccc1SC(F)F. The molecule has 3 aromatic rings. The van der Waals surface area contributed by atoms with Crippen molar-refractivity contribution in [1.29, 1.82) is 0 Å². The average Bonchev–Trinajstić information content (AvgIpc) is 3.27. The van der Waals surface area contributed by atoms with Crippen molar-refractivity contribution in [1.82, 2.24) is 20.2 Å². The molecule has 0 aliphatic rings. The first kappa shape index (κ1) is 18.4. The van der Waals surface area contributed by atoms with E-state index in [-0.39, 0.29) is 11.7 Å². The lowest BCUT2D eigenvalue weighted by Crippen LogP contribution is -2.15. The fraction of sp³-hybridized carbons (Fsp3) is 0.200. The smallest absolute Gasteiger partial charge is 0.288 e. The minimum absolute atomic E-state index is 0.0339. The van der Waals surface area contributed by atoms with Crippen LogP contribution in [0.4, 0.5) is 14.5 Å². The molecule has 0 spiro atoms. The fourth-order valence-electron chi connectivity index (χ4n) is 2.03. The van der Waals surface area contributed by atoms with Gasteiger partial charge in [-0.1, -0.05) is 35.7 Å². The highest BCUT2D eigenvalue weighted by molar-refractivity contribution is 8.00. The molecular weight excluding hydrogens is 384 g/mol. The number of aromatic nitrogens is 4. The van der Waals surface area contributed by atoms with Gasteiger partial charge in [0.05, 0.1) is 17.7 Å². The van der Waals surface area contributed by atoms with Crippen LogP contribution in [0.15, 0.2) is 57.1 Å². The number of para-hydroxylation sites is 1. The van der Waals surface area contributed by atoms with Crippen molar-refractivity contribution >= 4 is 35.1 Å². The van der Waals surface area contributed by atoms with Crippen LogP contribution in [0.5, 0.6) is 0 Å². The molecule has 0 bridgehead atoms. The molecule has 1 aromatic carbocycles. The molecule has 3 rings (SSSR count). The number of tetrazole rings is 1. The van der Waals surface area contributed by atoms with Gasteiger partial charge < -0.3 is 9.73 Å². The molecular formula is C15H13F2N5O2S2. The number of nitrogens with one attached hydrogen (secondary N) is 1. The molecule has 2 aromatic heterocycles. The number of halogens is 2. The largest absolute Gasteiger partial charge is 0.467 e. The molecule has 0 saturated carbocycles. The third-order valence-corrected chi connectivity index (χ3v) is 4.84. The van der Waals surface area contributed by atoms with E-state index in [9.17, 15) is 13.6 Å². The summed E-state index contributed by atoms with van der Waals surface area (Å²) in [6, 6.07) is 9.97. The number of hydrogen-bond acceptors (Lipinski definition) is 7. The van der Waals surface area contributed by atoms with Gasteiger partial charge >= 0.3 is 0 Å². The van der Waals surface area contributed by atoms with Gasteiger partial charge in [0, 0.05) is 4.90 Å². The van der Waals surface area contributed by atoms with E-state index in [1.54, 1.807) is 36.6 Å². The highest BCUT2D eigenvalue weighted by Crippen LogP contribution is 2.31. The minimum atomic E-state index is -2.56. The quantitative estimate of drug-likeness (QED) is 0.583. The average molecular weight is 397 g/mol. The Morgan fingerprint density at radius 3 is 2.88 bits per heavy atom. The molecule has 11 heteroatoms. The van der Waals surface area contributed by atoms with E-state index in [0.717, 1.165) is 11.8 Å². The second-order valence-corrected chi connectivity index (χ2v) is 6.88. The lowest BCUT2D eigenvalue weighted by atomic mass is 10.3. The highest BCUT2D eigenvalue weighted by Gasteiger charge is 2.14. The molecule has 0 fully saturated rings. The summed E-state index contributed by atoms with van der Waals surface area (Å²) < 4.78 is 31.9. The van der Waals surface area contributed by atoms with E-state index in [0.29, 0.717) is 39.8 Å². The summed E-state index contributed by atoms with van der Waals surface area (Å²) in [5, 5.41) is 14.4. The molecule has 2 heterocycles. The summed E-state index contributed by atoms with van der Waals surface area (Å²) in [7, 11) is 0. The van der Waals surface area contributed by atoms with E-state index in [2.05, 4.69) is 20.8 Å². The lowest BCUT2D eigenvalue weighted by Gasteiger charge is -2.10. The summed E-state index contributed by atoms with van der Waals surface area (Å²) in [5.41, 5.74) is 0.346. The molecule has 0 atom stereocenters. The number of amides is 1. The zero-order valence-electron chi connectivity index (χ0n) is 13.2. The van der Waals surface area contributed by atoms with Crippen molar-refractivity contribution < 1.29 is 18.0 Å². The fourth-order valence-corrected chi connectivity index (χ4v) is 3.31. The number of carbonyl (C=O) groups excluding carboxylic acids is 1. The van der Waals surface area contributed by atoms with Gasteiger partial charge in [-0.05, 0) is 34.7 Å². The van der Waals surface area contributed by atoms with Gasteiger partial charge in [-0.3, -0.25) is 4.79 Å². The van der Waals surface area contributed by atoms with E-state index >= 15 is 0 Å². The molecule has 136 valence electrons. The maximum Gasteiger partial charge on any atom is 0.288 e. The van der Waals surface area contributed by atoms with E-state index in [4.69, 9.17) is 4.42 Å². The first-order valence-electron chi connectivity index (χ1n) is 7.37. The summed E-state index contributed by atoms with van der Waals surface area (Å²) >= 11 is 1.53. The Hall–Kier alpha value is -2.40. The normalized spacial score (nSPS) is 11.0. The Bertz CT molecular complexity index is 857. The van der Waals surface area contributed by atoms with Gasteiger partial charge in [0.15, 0.2) is 0 Å². The van der Waals surface area contributed by atoms with Crippen molar-refractivity contribution in [3.05, 3.63) is 48.4 Å². The lowest BCUT2D eigenvalue weighted by molar-refractivity contribution is -0.113. The molecule has 0 unspecified atom stereocenters. The summed E-state index contributed by atoms with van der Waals surface area (Å²) in [4.78, 5) is 12.5. The molecule has 26 heavy (non-hydrogen) atoms. The first-order valence-corrected chi connectivity index (χ1v) is 9.23. The molecule has 0 saturated heterocycles. The van der Waals surface area contributed by atoms with Crippen LogP contribution in [0.1, 0.15) is 5.76 Å². The Labute approximate surface area is 155 Å². The first-order chi connectivity index (χ1) is 12.6. The van der Waals surface area contributed by atoms with Gasteiger partial charge in [0.2, 0.25) is 11.1 Å². The predicted molar refractivity (Wildman–Crippen MR) is 93.3 cm³/mol. The van der Waals surface area contributed by atoms with Crippen LogP contribution in [0.2, 0.25) is 0 Å². The van der Waals surface area contributed by atoms with Crippen molar-refractivity contribution in [2.75, 3.05) is 11.1 Å². The van der Waals surface area contributed by atoms with Crippen molar-refractivity contribution in [2.45, 2.75) is 22.4 Å². The Balaban J connectivity index is 1.58. The maximum absolute atomic E-state index is 12.6. The van der Waals surface area contributed by atoms with Crippen LogP contribution in [-0.4, -0.2) is 37.6 Å². The Kier molecular flexibility index (Phi) is 6.23. The van der Waals surface area contributed by atoms with Crippen molar-refractivity contribution in [3.63, 3.8) is 0 Å². The number of furan rings is 1. The zero-order valence-corrected chi connectivity index (χ0v) is 14.8. The summed E-state index contributed by atoms with van der Waals surface area (Å²) in [6.07, 6.45) is 1.55. The van der Waals surface area contributed by atoms with Crippen molar-refractivity contribution in [3.8, 4) is 0 Å². The van der Waals surface area contributed by atoms with Crippen LogP contribution >= 0.6 is 23.5 Å². The van der Waals surface area contributed by atoms with Gasteiger partial charge in [-0.15, -0.1) is 5.10 Å². The summed E-state index contributed by atoms with van der Waals surface area (Å²) in [6.45, 7) is 0.345. The van der Waals surface area contributed by atoms with Crippen LogP contribution < -0.4 is 5.32 Å². The summed E-state index contributed by atoms with van der Waals surface area (Å²) in [5.74, 6) is -2.19.